The molecule has 1 radical (unpaired) electrons. The van der Waals surface area contributed by atoms with Crippen LogP contribution in [0.4, 0.5) is 0 Å². The number of nitrogens with zero attached hydrogens (tertiary/aromatic N) is 1. The maximum Gasteiger partial charge on any atom is 0.303 e. The fourth-order valence-corrected chi connectivity index (χ4v) is 0.866. The molecule has 0 atom stereocenters. The first kappa shape index (κ1) is 9.67. The molecule has 13 heavy (non-hydrogen) atoms. The van der Waals surface area contributed by atoms with E-state index in [0.29, 0.717) is 11.4 Å². The third-order valence-corrected chi connectivity index (χ3v) is 1.44. The van der Waals surface area contributed by atoms with Crippen molar-refractivity contribution in [1.29, 1.82) is 0 Å². The molecule has 0 saturated carbocycles. The molecule has 0 fully saturated rings. The standard InChI is InChI=1S/C9H10NO3/c1-7(12)13-6-9-4-2-3-8(5-11)10-9/h2-4H,5-6H2,1H3. The van der Waals surface area contributed by atoms with Gasteiger partial charge in [0.15, 0.2) is 0 Å². The Morgan fingerprint density at radius 1 is 1.46 bits per heavy atom. The minimum Gasteiger partial charge on any atom is -0.459 e. The average Bonchev–Trinajstić information content (AvgIpc) is 2.15. The summed E-state index contributed by atoms with van der Waals surface area (Å²) in [6, 6.07) is 5.07. The monoisotopic (exact) mass is 180 g/mol. The molecule has 4 nitrogen and oxygen atoms in total. The first-order chi connectivity index (χ1) is 6.22. The fraction of sp³-hybridized carbons (Fsp3) is 0.333. The zero-order chi connectivity index (χ0) is 9.68. The Labute approximate surface area is 76.2 Å². The van der Waals surface area contributed by atoms with Crippen molar-refractivity contribution in [1.82, 2.24) is 4.98 Å². The van der Waals surface area contributed by atoms with Crippen LogP contribution in [0.15, 0.2) is 18.2 Å². The summed E-state index contributed by atoms with van der Waals surface area (Å²) in [5.41, 5.74) is 1.06. The minimum atomic E-state index is -0.353. The summed E-state index contributed by atoms with van der Waals surface area (Å²) in [6.07, 6.45) is 0. The second-order valence-corrected chi connectivity index (χ2v) is 2.54. The van der Waals surface area contributed by atoms with Gasteiger partial charge in [-0.1, -0.05) is 6.07 Å². The number of hydrogen-bond acceptors (Lipinski definition) is 3. The van der Waals surface area contributed by atoms with Crippen molar-refractivity contribution in [2.24, 2.45) is 0 Å². The van der Waals surface area contributed by atoms with E-state index in [1.54, 1.807) is 18.2 Å². The molecule has 69 valence electrons. The molecule has 0 unspecified atom stereocenters. The first-order valence-corrected chi connectivity index (χ1v) is 3.88. The van der Waals surface area contributed by atoms with Gasteiger partial charge in [0.2, 0.25) is 0 Å². The van der Waals surface area contributed by atoms with Crippen LogP contribution in [0.2, 0.25) is 0 Å². The highest BCUT2D eigenvalue weighted by molar-refractivity contribution is 5.65. The fourth-order valence-electron chi connectivity index (χ4n) is 0.866. The average molecular weight is 180 g/mol. The van der Waals surface area contributed by atoms with E-state index in [1.165, 1.54) is 6.92 Å². The van der Waals surface area contributed by atoms with E-state index >= 15 is 0 Å². The van der Waals surface area contributed by atoms with Gasteiger partial charge in [0.05, 0.1) is 11.4 Å². The predicted octanol–water partition coefficient (Wildman–Crippen LogP) is 1.08. The summed E-state index contributed by atoms with van der Waals surface area (Å²) < 4.78 is 4.72. The summed E-state index contributed by atoms with van der Waals surface area (Å²) in [5, 5.41) is 10.5. The second kappa shape index (κ2) is 4.57. The molecule has 0 aliphatic heterocycles. The van der Waals surface area contributed by atoms with Crippen molar-refractivity contribution in [2.45, 2.75) is 20.1 Å². The van der Waals surface area contributed by atoms with Crippen LogP contribution >= 0.6 is 0 Å². The maximum absolute atomic E-state index is 10.5. The van der Waals surface area contributed by atoms with Gasteiger partial charge in [0.1, 0.15) is 13.2 Å². The number of ether oxygens (including phenoxy) is 1. The van der Waals surface area contributed by atoms with Gasteiger partial charge >= 0.3 is 5.97 Å². The number of carbonyl (C=O) groups is 1. The van der Waals surface area contributed by atoms with Gasteiger partial charge in [-0.15, -0.1) is 0 Å². The van der Waals surface area contributed by atoms with Crippen LogP contribution in [0, 0.1) is 0 Å². The first-order valence-electron chi connectivity index (χ1n) is 3.88. The molecule has 1 rings (SSSR count). The Hall–Kier alpha value is -1.42. The molecule has 0 aliphatic carbocycles. The van der Waals surface area contributed by atoms with E-state index in [4.69, 9.17) is 4.74 Å². The third kappa shape index (κ3) is 3.21. The Balaban J connectivity index is 2.61. The smallest absolute Gasteiger partial charge is 0.303 e. The number of esters is 1. The molecule has 1 aromatic heterocycles. The lowest BCUT2D eigenvalue weighted by atomic mass is 10.3. The number of carbonyl (C=O) groups excluding carboxylic acids is 1. The van der Waals surface area contributed by atoms with Gasteiger partial charge in [-0.3, -0.25) is 9.78 Å². The SMILES string of the molecule is CC(=O)OCc1cccc(C[O])n1. The van der Waals surface area contributed by atoms with Crippen LogP contribution in [0.25, 0.3) is 0 Å². The normalized spacial score (nSPS) is 9.69. The van der Waals surface area contributed by atoms with Crippen LogP contribution in [0.3, 0.4) is 0 Å². The van der Waals surface area contributed by atoms with Crippen molar-refractivity contribution >= 4 is 5.97 Å². The van der Waals surface area contributed by atoms with Crippen LogP contribution < -0.4 is 0 Å². The van der Waals surface area contributed by atoms with Crippen molar-refractivity contribution in [3.8, 4) is 0 Å². The molecular formula is C9H10NO3. The number of aromatic nitrogens is 1. The maximum atomic E-state index is 10.5. The molecule has 0 saturated heterocycles. The zero-order valence-electron chi connectivity index (χ0n) is 7.32. The molecule has 0 N–H and O–H groups in total. The van der Waals surface area contributed by atoms with Gasteiger partial charge < -0.3 is 4.74 Å². The van der Waals surface area contributed by atoms with Crippen molar-refractivity contribution in [3.05, 3.63) is 29.6 Å². The van der Waals surface area contributed by atoms with Crippen LogP contribution in [-0.4, -0.2) is 11.0 Å². The number of rotatable bonds is 3. The number of hydrogen-bond donors (Lipinski definition) is 0. The second-order valence-electron chi connectivity index (χ2n) is 2.54. The van der Waals surface area contributed by atoms with Crippen molar-refractivity contribution < 1.29 is 14.6 Å². The van der Waals surface area contributed by atoms with Gasteiger partial charge in [0, 0.05) is 6.92 Å². The third-order valence-electron chi connectivity index (χ3n) is 1.44. The van der Waals surface area contributed by atoms with E-state index in [-0.39, 0.29) is 19.2 Å². The zero-order valence-corrected chi connectivity index (χ0v) is 7.32. The summed E-state index contributed by atoms with van der Waals surface area (Å²) in [7, 11) is 0. The summed E-state index contributed by atoms with van der Waals surface area (Å²) in [4.78, 5) is 14.4. The molecule has 1 aromatic rings. The lowest BCUT2D eigenvalue weighted by molar-refractivity contribution is -0.142. The van der Waals surface area contributed by atoms with E-state index in [2.05, 4.69) is 4.98 Å². The lowest BCUT2D eigenvalue weighted by Crippen LogP contribution is -2.01. The predicted molar refractivity (Wildman–Crippen MR) is 44.1 cm³/mol. The van der Waals surface area contributed by atoms with Crippen LogP contribution in [-0.2, 0) is 27.9 Å². The molecular weight excluding hydrogens is 170 g/mol. The van der Waals surface area contributed by atoms with E-state index in [9.17, 15) is 9.90 Å². The highest BCUT2D eigenvalue weighted by Crippen LogP contribution is 2.01. The summed E-state index contributed by atoms with van der Waals surface area (Å²) >= 11 is 0. The highest BCUT2D eigenvalue weighted by Gasteiger charge is 1.99. The van der Waals surface area contributed by atoms with Crippen LogP contribution in [0.5, 0.6) is 0 Å². The van der Waals surface area contributed by atoms with Gasteiger partial charge in [-0.05, 0) is 12.1 Å². The molecule has 0 bridgehead atoms. The largest absolute Gasteiger partial charge is 0.459 e. The lowest BCUT2D eigenvalue weighted by Gasteiger charge is -2.01. The summed E-state index contributed by atoms with van der Waals surface area (Å²) in [5.74, 6) is -0.352. The van der Waals surface area contributed by atoms with Gasteiger partial charge in [0.25, 0.3) is 0 Å². The van der Waals surface area contributed by atoms with Gasteiger partial charge in [-0.25, -0.2) is 5.11 Å². The van der Waals surface area contributed by atoms with E-state index < -0.39 is 0 Å². The highest BCUT2D eigenvalue weighted by atomic mass is 16.5. The van der Waals surface area contributed by atoms with Crippen LogP contribution in [0.1, 0.15) is 18.3 Å². The van der Waals surface area contributed by atoms with Crippen molar-refractivity contribution in [3.63, 3.8) is 0 Å². The Morgan fingerprint density at radius 2 is 2.15 bits per heavy atom. The molecule has 0 aromatic carbocycles. The molecule has 0 amide bonds. The Bertz CT molecular complexity index is 299. The Kier molecular flexibility index (Phi) is 3.40. The Morgan fingerprint density at radius 3 is 2.77 bits per heavy atom. The van der Waals surface area contributed by atoms with Crippen molar-refractivity contribution in [2.75, 3.05) is 0 Å². The molecule has 0 aliphatic rings. The topological polar surface area (TPSA) is 59.1 Å². The van der Waals surface area contributed by atoms with E-state index in [1.807, 2.05) is 0 Å². The minimum absolute atomic E-state index is 0.128. The number of pyridine rings is 1. The molecule has 0 spiro atoms. The quantitative estimate of drug-likeness (QED) is 0.654. The molecule has 4 heteroatoms. The van der Waals surface area contributed by atoms with E-state index in [0.717, 1.165) is 0 Å². The summed E-state index contributed by atoms with van der Waals surface area (Å²) in [6.45, 7) is 1.11. The molecule has 1 heterocycles. The van der Waals surface area contributed by atoms with Gasteiger partial charge in [-0.2, -0.15) is 0 Å².